The van der Waals surface area contributed by atoms with E-state index in [-0.39, 0.29) is 5.48 Å². The van der Waals surface area contributed by atoms with Crippen LogP contribution in [0.4, 0.5) is 0 Å². The smallest absolute Gasteiger partial charge is 0.352 e. The molecule has 0 saturated heterocycles. The zero-order valence-electron chi connectivity index (χ0n) is 2.82. The number of rotatable bonds is 0. The highest BCUT2D eigenvalue weighted by Crippen LogP contribution is 1.45. The van der Waals surface area contributed by atoms with Gasteiger partial charge in [0, 0.05) is 6.92 Å². The molecule has 0 saturated carbocycles. The Kier molecular flexibility index (Phi) is 6.05. The first-order valence-electron chi connectivity index (χ1n) is 0.908. The lowest BCUT2D eigenvalue weighted by atomic mass is 10.9. The van der Waals surface area contributed by atoms with E-state index in [9.17, 15) is 0 Å². The van der Waals surface area contributed by atoms with Crippen molar-refractivity contribution in [1.29, 1.82) is 0 Å². The molecular formula is C2H5O3. The standard InChI is InChI=1S/C2H3O2.H2O/c1-2(3)4;/h1H3;1H2/i3+6;. The van der Waals surface area contributed by atoms with Crippen LogP contribution in [0.1, 0.15) is 6.92 Å². The third-order valence-corrected chi connectivity index (χ3v) is 0. The summed E-state index contributed by atoms with van der Waals surface area (Å²) in [5, 5.41) is 8.89. The summed E-state index contributed by atoms with van der Waals surface area (Å²) < 4.78 is 0. The van der Waals surface area contributed by atoms with Gasteiger partial charge >= 0.3 is 5.97 Å². The largest absolute Gasteiger partial charge is 0.412 e. The van der Waals surface area contributed by atoms with Crippen LogP contribution in [-0.2, 0) is 9.90 Å². The Bertz CT molecular complexity index is 27.9. The minimum atomic E-state index is -1.08. The highest BCUT2D eigenvalue weighted by atomic mass is 22.1. The first-order valence-corrected chi connectivity index (χ1v) is 0.908. The van der Waals surface area contributed by atoms with Crippen molar-refractivity contribution < 1.29 is 15.4 Å². The summed E-state index contributed by atoms with van der Waals surface area (Å²) in [6.45, 7) is 0.972. The van der Waals surface area contributed by atoms with Gasteiger partial charge in [-0.25, -0.2) is 9.90 Å². The molecule has 0 amide bonds. The number of hydrogen-bond acceptors (Lipinski definition) is 1. The third kappa shape index (κ3) is 21.6. The van der Waals surface area contributed by atoms with Crippen molar-refractivity contribution in [3.63, 3.8) is 0 Å². The Morgan fingerprint density at radius 1 is 1.80 bits per heavy atom. The Labute approximate surface area is 29.5 Å². The molecule has 0 aromatic carbocycles. The Morgan fingerprint density at radius 3 is 1.80 bits per heavy atom. The maximum Gasteiger partial charge on any atom is 0.352 e. The van der Waals surface area contributed by atoms with E-state index >= 15 is 0 Å². The van der Waals surface area contributed by atoms with Crippen LogP contribution < -0.4 is 0 Å². The molecule has 5 heavy (non-hydrogen) atoms. The summed E-state index contributed by atoms with van der Waals surface area (Å²) >= 11 is 0. The molecule has 1 radical (unpaired) electrons. The number of carbonyl (C=O) groups excluding carboxylic acids is 1. The monoisotopic (exact) mass is 83.0 g/mol. The molecule has 0 aliphatic heterocycles. The van der Waals surface area contributed by atoms with Crippen LogP contribution in [0.25, 0.3) is 0 Å². The summed E-state index contributed by atoms with van der Waals surface area (Å²) in [6.07, 6.45) is 0. The fourth-order valence-electron chi connectivity index (χ4n) is 0. The second kappa shape index (κ2) is 3.43. The van der Waals surface area contributed by atoms with Crippen LogP contribution in [-0.4, -0.2) is 11.4 Å². The summed E-state index contributed by atoms with van der Waals surface area (Å²) in [4.78, 5) is 8.89. The second-order valence-corrected chi connectivity index (χ2v) is 0.492. The first kappa shape index (κ1) is 8.83. The van der Waals surface area contributed by atoms with E-state index in [0.717, 1.165) is 6.92 Å². The first-order chi connectivity index (χ1) is 1.73. The maximum atomic E-state index is 8.89. The molecule has 0 aromatic heterocycles. The van der Waals surface area contributed by atoms with Gasteiger partial charge in [0.15, 0.2) is 0 Å². The van der Waals surface area contributed by atoms with E-state index in [1.54, 1.807) is 0 Å². The van der Waals surface area contributed by atoms with Crippen LogP contribution >= 0.6 is 0 Å². The van der Waals surface area contributed by atoms with Crippen molar-refractivity contribution >= 4 is 5.97 Å². The Balaban J connectivity index is 0. The predicted molar refractivity (Wildman–Crippen MR) is 15.0 cm³/mol. The average Bonchev–Trinajstić information content (AvgIpc) is 0.811. The van der Waals surface area contributed by atoms with Crippen molar-refractivity contribution in [3.05, 3.63) is 0 Å². The fourth-order valence-corrected chi connectivity index (χ4v) is 0. The van der Waals surface area contributed by atoms with E-state index in [0.29, 0.717) is 0 Å². The van der Waals surface area contributed by atoms with Crippen LogP contribution in [0.3, 0.4) is 0 Å². The molecule has 0 rings (SSSR count). The van der Waals surface area contributed by atoms with E-state index in [1.165, 1.54) is 0 Å². The average molecular weight is 83.1 g/mol. The molecule has 0 aromatic rings. The molecule has 31 valence electrons. The van der Waals surface area contributed by atoms with Gasteiger partial charge in [0.25, 0.3) is 0 Å². The Hall–Kier alpha value is -0.570. The minimum absolute atomic E-state index is 0. The lowest BCUT2D eigenvalue weighted by molar-refractivity contribution is -0.140. The fraction of sp³-hybridized carbons (Fsp3) is 0.500. The molecule has 0 spiro atoms. The second-order valence-electron chi connectivity index (χ2n) is 0.492. The van der Waals surface area contributed by atoms with Gasteiger partial charge < -0.3 is 5.48 Å². The SMILES string of the molecule is CC(=O)[22O].O. The molecular weight excluding hydrogens is 78.0 g/mol. The van der Waals surface area contributed by atoms with E-state index in [4.69, 9.17) is 9.90 Å². The quantitative estimate of drug-likeness (QED) is 0.375. The zero-order chi connectivity index (χ0) is 3.58. The molecule has 3 heteroatoms. The predicted octanol–water partition coefficient (Wildman–Crippen LogP) is -0.861. The normalized spacial score (nSPS) is 5.00. The molecule has 0 fully saturated rings. The van der Waals surface area contributed by atoms with Crippen molar-refractivity contribution in [1.82, 2.24) is 0 Å². The van der Waals surface area contributed by atoms with Crippen LogP contribution in [0.2, 0.25) is 0 Å². The lowest BCUT2D eigenvalue weighted by Crippen LogP contribution is -1.74. The molecule has 2 N–H and O–H groups in total. The van der Waals surface area contributed by atoms with E-state index in [2.05, 4.69) is 0 Å². The highest BCUT2D eigenvalue weighted by Gasteiger charge is 1.71. The van der Waals surface area contributed by atoms with Gasteiger partial charge in [0.2, 0.25) is 0 Å². The molecule has 0 unspecified atom stereocenters. The van der Waals surface area contributed by atoms with Gasteiger partial charge in [-0.15, -0.1) is 0 Å². The van der Waals surface area contributed by atoms with Crippen molar-refractivity contribution in [3.8, 4) is 0 Å². The molecule has 0 heterocycles. The van der Waals surface area contributed by atoms with Gasteiger partial charge in [-0.3, -0.25) is 0 Å². The molecule has 0 atom stereocenters. The van der Waals surface area contributed by atoms with E-state index < -0.39 is 5.97 Å². The topological polar surface area (TPSA) is 68.5 Å². The van der Waals surface area contributed by atoms with Crippen molar-refractivity contribution in [2.45, 2.75) is 6.92 Å². The van der Waals surface area contributed by atoms with Gasteiger partial charge in [-0.05, 0) is 0 Å². The third-order valence-electron chi connectivity index (χ3n) is 0. The van der Waals surface area contributed by atoms with Crippen LogP contribution in [0, 0.1) is 0 Å². The molecule has 3 nitrogen and oxygen atoms in total. The van der Waals surface area contributed by atoms with Crippen molar-refractivity contribution in [2.24, 2.45) is 0 Å². The zero-order valence-corrected chi connectivity index (χ0v) is 2.82. The van der Waals surface area contributed by atoms with Gasteiger partial charge in [-0.1, -0.05) is 0 Å². The van der Waals surface area contributed by atoms with Gasteiger partial charge in [0.1, 0.15) is 0 Å². The summed E-state index contributed by atoms with van der Waals surface area (Å²) in [5.41, 5.74) is 0. The summed E-state index contributed by atoms with van der Waals surface area (Å²) in [6, 6.07) is 0. The Morgan fingerprint density at radius 2 is 1.80 bits per heavy atom. The summed E-state index contributed by atoms with van der Waals surface area (Å²) in [5.74, 6) is -1.08. The lowest BCUT2D eigenvalue weighted by Gasteiger charge is -1.50. The van der Waals surface area contributed by atoms with Crippen LogP contribution in [0.5, 0.6) is 0 Å². The van der Waals surface area contributed by atoms with Crippen LogP contribution in [0.15, 0.2) is 0 Å². The maximum absolute atomic E-state index is 8.89. The minimum Gasteiger partial charge on any atom is -0.412 e. The van der Waals surface area contributed by atoms with Crippen molar-refractivity contribution in [2.75, 3.05) is 0 Å². The molecule has 0 aliphatic rings. The summed E-state index contributed by atoms with van der Waals surface area (Å²) in [7, 11) is 0. The molecule has 0 bridgehead atoms. The number of carbonyl (C=O) groups is 1. The highest BCUT2D eigenvalue weighted by molar-refractivity contribution is 5.62. The van der Waals surface area contributed by atoms with E-state index in [1.807, 2.05) is 0 Å². The number of hydrogen-bond donors (Lipinski definition) is 0. The van der Waals surface area contributed by atoms with Gasteiger partial charge in [-0.2, -0.15) is 0 Å². The molecule has 0 aliphatic carbocycles. The van der Waals surface area contributed by atoms with Gasteiger partial charge in [0.05, 0.1) is 0 Å².